The first-order valence-electron chi connectivity index (χ1n) is 21.9. The summed E-state index contributed by atoms with van der Waals surface area (Å²) in [5.41, 5.74) is 12.2. The summed E-state index contributed by atoms with van der Waals surface area (Å²) >= 11 is 0. The number of allylic oxidation sites excluding steroid dienone is 11. The van der Waals surface area contributed by atoms with Crippen LogP contribution in [0.1, 0.15) is 54.2 Å². The Morgan fingerprint density at radius 1 is 0.462 bits per heavy atom. The third-order valence-electron chi connectivity index (χ3n) is 11.6. The van der Waals surface area contributed by atoms with Crippen LogP contribution in [0.25, 0.3) is 16.7 Å². The Bertz CT molecular complexity index is 2850. The van der Waals surface area contributed by atoms with Gasteiger partial charge >= 0.3 is 17.1 Å². The van der Waals surface area contributed by atoms with E-state index < -0.39 is 0 Å². The quantitative estimate of drug-likeness (QED) is 0.132. The van der Waals surface area contributed by atoms with Crippen molar-refractivity contribution in [2.45, 2.75) is 45.3 Å². The van der Waals surface area contributed by atoms with Gasteiger partial charge in [-0.25, -0.2) is 15.0 Å². The minimum Gasteiger partial charge on any atom is -0.854 e. The van der Waals surface area contributed by atoms with Crippen LogP contribution < -0.4 is 39.1 Å². The average molecular weight is 904 g/mol. The first-order chi connectivity index (χ1) is 31.6. The number of pyridine rings is 3. The molecule has 9 rings (SSSR count). The number of rotatable bonds is 15. The van der Waals surface area contributed by atoms with E-state index in [0.29, 0.717) is 97.5 Å². The summed E-state index contributed by atoms with van der Waals surface area (Å²) in [4.78, 5) is 23.8. The maximum Gasteiger partial charge on any atom is 2.00 e. The first kappa shape index (κ1) is 45.1. The first-order valence-corrected chi connectivity index (χ1v) is 21.9. The van der Waals surface area contributed by atoms with E-state index >= 15 is 0 Å². The van der Waals surface area contributed by atoms with Crippen molar-refractivity contribution < 1.29 is 51.2 Å². The molecule has 5 aliphatic rings. The minimum atomic E-state index is -0.204. The third-order valence-corrected chi connectivity index (χ3v) is 11.6. The summed E-state index contributed by atoms with van der Waals surface area (Å²) in [5.74, 6) is 0. The Hall–Kier alpha value is -6.44. The molecule has 0 aromatic carbocycles. The molecule has 0 amide bonds. The van der Waals surface area contributed by atoms with Crippen LogP contribution in [0, 0.1) is 0 Å². The summed E-state index contributed by atoms with van der Waals surface area (Å²) in [7, 11) is 0. The number of hydrogen-bond donors (Lipinski definition) is 0. The molecule has 0 spiro atoms. The molecule has 0 N–H and O–H groups in total. The number of hydrogen-bond acceptors (Lipinski definition) is 8. The van der Waals surface area contributed by atoms with Crippen LogP contribution in [-0.2, 0) is 36.7 Å². The van der Waals surface area contributed by atoms with Gasteiger partial charge in [-0.3, -0.25) is 0 Å². The molecule has 0 saturated heterocycles. The molecule has 0 saturated carbocycles. The van der Waals surface area contributed by atoms with Gasteiger partial charge in [-0.15, -0.1) is 37.8 Å². The van der Waals surface area contributed by atoms with Crippen molar-refractivity contribution in [3.8, 4) is 0 Å². The Balaban J connectivity index is 0.00000576. The van der Waals surface area contributed by atoms with Crippen LogP contribution in [0.2, 0.25) is 0 Å². The molecule has 0 aliphatic carbocycles. The van der Waals surface area contributed by atoms with E-state index in [1.54, 1.807) is 0 Å². The predicted octanol–water partition coefficient (Wildman–Crippen LogP) is 2.12. The zero-order valence-corrected chi connectivity index (χ0v) is 37.1. The van der Waals surface area contributed by atoms with Crippen molar-refractivity contribution >= 4 is 33.9 Å². The van der Waals surface area contributed by atoms with Crippen LogP contribution in [0.15, 0.2) is 190 Å². The van der Waals surface area contributed by atoms with Crippen molar-refractivity contribution in [1.82, 2.24) is 9.88 Å². The molecule has 4 aromatic rings. The van der Waals surface area contributed by atoms with Crippen molar-refractivity contribution in [2.75, 3.05) is 33.0 Å². The zero-order chi connectivity index (χ0) is 43.8. The van der Waals surface area contributed by atoms with Gasteiger partial charge in [0.2, 0.25) is 17.1 Å². The molecule has 5 aliphatic heterocycles. The van der Waals surface area contributed by atoms with E-state index in [-0.39, 0.29) is 43.5 Å². The number of fused-ring (bicyclic) bond motifs is 5. The number of aromatic nitrogens is 4. The van der Waals surface area contributed by atoms with Gasteiger partial charge in [0.25, 0.3) is 0 Å². The second-order valence-corrected chi connectivity index (χ2v) is 15.7. The fourth-order valence-corrected chi connectivity index (χ4v) is 8.67. The zero-order valence-electron chi connectivity index (χ0n) is 35.9. The standard InChI is InChI=1S/C52H48N8O4.Mn/c61-33-9-29-57-25-5-1-13-45(57)49-37-17-19-39(53-37)50(46-14-2-6-26-58(46)30-10-34-62)41-21-23-43(55-41)52(48-16-4-8-28-60(48)32-12-36-64)44-24-22-42(56-44)51(40-20-18-38(49)54-40)47-15-3-7-27-59(47)31-11-35-63;/h1-8,13-28H,9-12,29-36H2;/q-2;+2. The average Bonchev–Trinajstić information content (AvgIpc) is 4.19. The number of nitrogens with zero attached hydrogens (tertiary/aromatic N) is 8. The second kappa shape index (κ2) is 21.0. The SMILES string of the molecule is [Mn+2].[O-]CCCN1C=CC=C/C1=C1\C2=NC(=C(c3cccc[n+]3CCC[O-])C3=NC(=C(c4cccc[n+]4CCC[O-])c4ccc([n-]4)C(c4cccc[n+]4CCC[O-])=C4C=CC1=N4)C=C3)C=C2. The van der Waals surface area contributed by atoms with Crippen molar-refractivity contribution in [3.05, 3.63) is 203 Å². The van der Waals surface area contributed by atoms with E-state index in [4.69, 9.17) is 20.0 Å². The topological polar surface area (TPSA) is 158 Å². The molecule has 12 nitrogen and oxygen atoms in total. The molecule has 65 heavy (non-hydrogen) atoms. The normalized spacial score (nSPS) is 17.4. The van der Waals surface area contributed by atoms with Gasteiger partial charge < -0.3 is 30.3 Å². The smallest absolute Gasteiger partial charge is 0.854 e. The Kier molecular flexibility index (Phi) is 14.6. The second-order valence-electron chi connectivity index (χ2n) is 15.7. The van der Waals surface area contributed by atoms with E-state index in [1.165, 1.54) is 0 Å². The molecular formula is C52H48MnN8O4. The molecule has 0 fully saturated rings. The van der Waals surface area contributed by atoms with Gasteiger partial charge in [-0.1, -0.05) is 24.6 Å². The van der Waals surface area contributed by atoms with Crippen LogP contribution in [0.3, 0.4) is 0 Å². The molecule has 0 atom stereocenters. The van der Waals surface area contributed by atoms with E-state index in [1.807, 2.05) is 146 Å². The molecule has 9 heterocycles. The molecule has 13 heteroatoms. The maximum atomic E-state index is 11.8. The third kappa shape index (κ3) is 9.39. The van der Waals surface area contributed by atoms with Gasteiger partial charge in [-0.05, 0) is 86.1 Å². The number of aliphatic imine (C=N–C) groups is 3. The molecule has 327 valence electrons. The fraction of sp³-hybridized carbons (Fsp3) is 0.231. The Morgan fingerprint density at radius 2 is 0.892 bits per heavy atom. The van der Waals surface area contributed by atoms with Crippen LogP contribution in [-0.4, -0.2) is 55.0 Å². The minimum absolute atomic E-state index is 0. The van der Waals surface area contributed by atoms with Gasteiger partial charge in [0.1, 0.15) is 19.6 Å². The number of aryl methyl sites for hydroxylation is 3. The molecule has 8 bridgehead atoms. The summed E-state index contributed by atoms with van der Waals surface area (Å²) in [6.45, 7) is 1.26. The molecule has 1 radical (unpaired) electrons. The van der Waals surface area contributed by atoms with Crippen LogP contribution in [0.4, 0.5) is 0 Å². The Labute approximate surface area is 389 Å². The van der Waals surface area contributed by atoms with Gasteiger partial charge in [-0.2, -0.15) is 13.7 Å². The van der Waals surface area contributed by atoms with Crippen molar-refractivity contribution in [3.63, 3.8) is 0 Å². The van der Waals surface area contributed by atoms with E-state index in [2.05, 4.69) is 18.6 Å². The van der Waals surface area contributed by atoms with Gasteiger partial charge in [0, 0.05) is 54.7 Å². The summed E-state index contributed by atoms with van der Waals surface area (Å²) in [5, 5.41) is 47.3. The van der Waals surface area contributed by atoms with Crippen LogP contribution in [0.5, 0.6) is 0 Å². The Morgan fingerprint density at radius 3 is 1.35 bits per heavy atom. The predicted molar refractivity (Wildman–Crippen MR) is 238 cm³/mol. The fourth-order valence-electron chi connectivity index (χ4n) is 8.67. The van der Waals surface area contributed by atoms with Gasteiger partial charge in [0.05, 0.1) is 56.6 Å². The van der Waals surface area contributed by atoms with Crippen molar-refractivity contribution in [2.24, 2.45) is 15.0 Å². The molecule has 4 aromatic heterocycles. The van der Waals surface area contributed by atoms with E-state index in [9.17, 15) is 20.4 Å². The van der Waals surface area contributed by atoms with E-state index in [0.717, 1.165) is 45.1 Å². The van der Waals surface area contributed by atoms with Crippen molar-refractivity contribution in [1.29, 1.82) is 0 Å². The summed E-state index contributed by atoms with van der Waals surface area (Å²) in [6, 6.07) is 22.0. The summed E-state index contributed by atoms with van der Waals surface area (Å²) < 4.78 is 6.27. The van der Waals surface area contributed by atoms with Gasteiger partial charge in [0.15, 0.2) is 18.6 Å². The molecular weight excluding hydrogens is 856 g/mol. The summed E-state index contributed by atoms with van der Waals surface area (Å²) in [6.07, 6.45) is 27.8. The largest absolute Gasteiger partial charge is 2.00 e. The maximum absolute atomic E-state index is 11.8. The van der Waals surface area contributed by atoms with Crippen LogP contribution >= 0.6 is 0 Å². The molecule has 0 unspecified atom stereocenters. The monoisotopic (exact) mass is 903 g/mol.